The van der Waals surface area contributed by atoms with Gasteiger partial charge in [0.1, 0.15) is 11.9 Å². The fourth-order valence-corrected chi connectivity index (χ4v) is 0.707. The molecule has 0 amide bonds. The van der Waals surface area contributed by atoms with E-state index < -0.39 is 0 Å². The van der Waals surface area contributed by atoms with E-state index in [-0.39, 0.29) is 12.4 Å². The fraction of sp³-hybridized carbons (Fsp3) is 0.429. The van der Waals surface area contributed by atoms with Crippen molar-refractivity contribution >= 4 is 0 Å². The van der Waals surface area contributed by atoms with Crippen LogP contribution in [0.2, 0.25) is 0 Å². The van der Waals surface area contributed by atoms with Gasteiger partial charge in [0.15, 0.2) is 0 Å². The SMILES string of the molecule is CC1=CC=C[N+]1(C)C.[Cl-]. The molecule has 0 bridgehead atoms. The van der Waals surface area contributed by atoms with E-state index in [0.29, 0.717) is 0 Å². The van der Waals surface area contributed by atoms with Crippen LogP contribution in [0.1, 0.15) is 6.92 Å². The zero-order valence-corrected chi connectivity index (χ0v) is 6.81. The summed E-state index contributed by atoms with van der Waals surface area (Å²) in [5, 5.41) is 0. The van der Waals surface area contributed by atoms with Crippen molar-refractivity contribution in [3.05, 3.63) is 24.0 Å². The smallest absolute Gasteiger partial charge is 0.110 e. The second-order valence-electron chi connectivity index (χ2n) is 2.69. The Labute approximate surface area is 62.7 Å². The van der Waals surface area contributed by atoms with Crippen molar-refractivity contribution in [2.75, 3.05) is 14.1 Å². The molecule has 0 aromatic heterocycles. The average Bonchev–Trinajstić information content (AvgIpc) is 1.86. The summed E-state index contributed by atoms with van der Waals surface area (Å²) in [6, 6.07) is 0. The standard InChI is InChI=1S/C7H12N.ClH/c1-7-5-4-6-8(7,2)3;/h4-6H,1-3H3;1H/q+1;/p-1. The maximum Gasteiger partial charge on any atom is 0.110 e. The third-order valence-corrected chi connectivity index (χ3v) is 1.71. The average molecular weight is 146 g/mol. The highest BCUT2D eigenvalue weighted by Gasteiger charge is 2.16. The molecule has 1 aliphatic rings. The first-order valence-electron chi connectivity index (χ1n) is 2.83. The fourth-order valence-electron chi connectivity index (χ4n) is 0.707. The second-order valence-corrected chi connectivity index (χ2v) is 2.69. The first-order valence-corrected chi connectivity index (χ1v) is 2.83. The van der Waals surface area contributed by atoms with Crippen molar-refractivity contribution in [3.8, 4) is 0 Å². The van der Waals surface area contributed by atoms with Gasteiger partial charge in [0.2, 0.25) is 0 Å². The van der Waals surface area contributed by atoms with Gasteiger partial charge in [-0.1, -0.05) is 0 Å². The Balaban J connectivity index is 0.000000640. The topological polar surface area (TPSA) is 0 Å². The van der Waals surface area contributed by atoms with E-state index >= 15 is 0 Å². The number of hydrogen-bond donors (Lipinski definition) is 0. The van der Waals surface area contributed by atoms with Crippen LogP contribution >= 0.6 is 0 Å². The quantitative estimate of drug-likeness (QED) is 0.364. The Morgan fingerprint density at radius 2 is 1.89 bits per heavy atom. The van der Waals surface area contributed by atoms with Crippen molar-refractivity contribution < 1.29 is 16.9 Å². The lowest BCUT2D eigenvalue weighted by Gasteiger charge is -2.20. The number of hydrogen-bond acceptors (Lipinski definition) is 0. The van der Waals surface area contributed by atoms with Gasteiger partial charge in [0, 0.05) is 6.92 Å². The minimum absolute atomic E-state index is 0. The van der Waals surface area contributed by atoms with Gasteiger partial charge in [-0.05, 0) is 12.2 Å². The molecule has 0 N–H and O–H groups in total. The van der Waals surface area contributed by atoms with Gasteiger partial charge in [0.05, 0.1) is 14.1 Å². The molecule has 9 heavy (non-hydrogen) atoms. The highest BCUT2D eigenvalue weighted by atomic mass is 35.5. The van der Waals surface area contributed by atoms with Crippen molar-refractivity contribution in [2.45, 2.75) is 6.92 Å². The molecule has 0 fully saturated rings. The van der Waals surface area contributed by atoms with Gasteiger partial charge >= 0.3 is 0 Å². The van der Waals surface area contributed by atoms with Crippen LogP contribution in [-0.2, 0) is 0 Å². The molecule has 1 rings (SSSR count). The summed E-state index contributed by atoms with van der Waals surface area (Å²) in [7, 11) is 4.32. The number of quaternary nitrogens is 1. The molecule has 0 aromatic carbocycles. The third kappa shape index (κ3) is 1.57. The largest absolute Gasteiger partial charge is 1.00 e. The van der Waals surface area contributed by atoms with E-state index in [1.54, 1.807) is 0 Å². The Hall–Kier alpha value is -0.270. The zero-order valence-electron chi connectivity index (χ0n) is 6.06. The highest BCUT2D eigenvalue weighted by Crippen LogP contribution is 2.16. The predicted molar refractivity (Wildman–Crippen MR) is 35.0 cm³/mol. The molecule has 1 heterocycles. The van der Waals surface area contributed by atoms with Crippen LogP contribution in [0.15, 0.2) is 24.0 Å². The lowest BCUT2D eigenvalue weighted by molar-refractivity contribution is -0.795. The Kier molecular flexibility index (Phi) is 2.47. The van der Waals surface area contributed by atoms with Crippen molar-refractivity contribution in [3.63, 3.8) is 0 Å². The van der Waals surface area contributed by atoms with Crippen molar-refractivity contribution in [1.82, 2.24) is 0 Å². The molecule has 1 nitrogen and oxygen atoms in total. The highest BCUT2D eigenvalue weighted by molar-refractivity contribution is 5.10. The number of rotatable bonds is 0. The first kappa shape index (κ1) is 8.73. The summed E-state index contributed by atoms with van der Waals surface area (Å²) in [6.07, 6.45) is 6.39. The third-order valence-electron chi connectivity index (χ3n) is 1.71. The number of nitrogens with zero attached hydrogens (tertiary/aromatic N) is 1. The summed E-state index contributed by atoms with van der Waals surface area (Å²) < 4.78 is 0.917. The zero-order chi connectivity index (χ0) is 6.20. The van der Waals surface area contributed by atoms with E-state index in [1.807, 2.05) is 0 Å². The van der Waals surface area contributed by atoms with E-state index in [1.165, 1.54) is 5.70 Å². The minimum atomic E-state index is 0. The minimum Gasteiger partial charge on any atom is -1.00 e. The lowest BCUT2D eigenvalue weighted by atomic mass is 10.4. The normalized spacial score (nSPS) is 21.0. The van der Waals surface area contributed by atoms with Gasteiger partial charge in [-0.3, -0.25) is 4.48 Å². The molecular formula is C7H12ClN. The summed E-state index contributed by atoms with van der Waals surface area (Å²) in [5.41, 5.74) is 1.39. The molecule has 0 radical (unpaired) electrons. The molecule has 0 aliphatic carbocycles. The molecule has 0 saturated carbocycles. The Bertz CT molecular complexity index is 156. The number of allylic oxidation sites excluding steroid dienone is 3. The molecule has 0 atom stereocenters. The second kappa shape index (κ2) is 2.54. The van der Waals surface area contributed by atoms with Crippen LogP contribution in [0.25, 0.3) is 0 Å². The van der Waals surface area contributed by atoms with Crippen molar-refractivity contribution in [1.29, 1.82) is 0 Å². The van der Waals surface area contributed by atoms with E-state index in [9.17, 15) is 0 Å². The molecule has 0 aromatic rings. The molecule has 1 aliphatic heterocycles. The molecule has 52 valence electrons. The summed E-state index contributed by atoms with van der Waals surface area (Å²) >= 11 is 0. The molecular weight excluding hydrogens is 134 g/mol. The van der Waals surface area contributed by atoms with Gasteiger partial charge in [0.25, 0.3) is 0 Å². The molecule has 0 saturated heterocycles. The van der Waals surface area contributed by atoms with Gasteiger partial charge in [-0.15, -0.1) is 0 Å². The summed E-state index contributed by atoms with van der Waals surface area (Å²) in [4.78, 5) is 0. The maximum atomic E-state index is 2.16. The van der Waals surface area contributed by atoms with Gasteiger partial charge in [-0.2, -0.15) is 0 Å². The Morgan fingerprint density at radius 3 is 2.00 bits per heavy atom. The molecule has 0 spiro atoms. The monoisotopic (exact) mass is 145 g/mol. The molecule has 2 heteroatoms. The predicted octanol–water partition coefficient (Wildman–Crippen LogP) is -1.50. The van der Waals surface area contributed by atoms with Crippen LogP contribution in [0.4, 0.5) is 0 Å². The summed E-state index contributed by atoms with van der Waals surface area (Å²) in [5.74, 6) is 0. The maximum absolute atomic E-state index is 2.16. The number of halogens is 1. The van der Waals surface area contributed by atoms with Crippen LogP contribution in [0.5, 0.6) is 0 Å². The van der Waals surface area contributed by atoms with E-state index in [4.69, 9.17) is 0 Å². The van der Waals surface area contributed by atoms with Gasteiger partial charge < -0.3 is 12.4 Å². The van der Waals surface area contributed by atoms with E-state index in [0.717, 1.165) is 4.48 Å². The van der Waals surface area contributed by atoms with E-state index in [2.05, 4.69) is 39.4 Å². The Morgan fingerprint density at radius 1 is 1.33 bits per heavy atom. The van der Waals surface area contributed by atoms with Crippen molar-refractivity contribution in [2.24, 2.45) is 0 Å². The van der Waals surface area contributed by atoms with Crippen LogP contribution in [0.3, 0.4) is 0 Å². The molecule has 0 unspecified atom stereocenters. The summed E-state index contributed by atoms with van der Waals surface area (Å²) in [6.45, 7) is 2.14. The van der Waals surface area contributed by atoms with Crippen LogP contribution in [0, 0.1) is 0 Å². The lowest BCUT2D eigenvalue weighted by Crippen LogP contribution is -3.00. The first-order chi connectivity index (χ1) is 3.63. The van der Waals surface area contributed by atoms with Gasteiger partial charge in [-0.25, -0.2) is 0 Å². The van der Waals surface area contributed by atoms with Crippen LogP contribution < -0.4 is 12.4 Å². The van der Waals surface area contributed by atoms with Crippen LogP contribution in [-0.4, -0.2) is 18.6 Å².